The summed E-state index contributed by atoms with van der Waals surface area (Å²) >= 11 is 0. The van der Waals surface area contributed by atoms with E-state index in [9.17, 15) is 0 Å². The topological polar surface area (TPSA) is 0 Å². The van der Waals surface area contributed by atoms with Gasteiger partial charge < -0.3 is 0 Å². The minimum Gasteiger partial charge on any atom is -0.0624 e. The summed E-state index contributed by atoms with van der Waals surface area (Å²) < 4.78 is 0. The molecule has 0 amide bonds. The van der Waals surface area contributed by atoms with E-state index in [0.717, 1.165) is 0 Å². The lowest BCUT2D eigenvalue weighted by Gasteiger charge is -2.45. The molecule has 0 nitrogen and oxygen atoms in total. The smallest absolute Gasteiger partial charge is 0.0624 e. The highest BCUT2D eigenvalue weighted by molar-refractivity contribution is 7.13. The predicted molar refractivity (Wildman–Crippen MR) is 122 cm³/mol. The number of benzene rings is 3. The molecule has 140 valence electrons. The van der Waals surface area contributed by atoms with Crippen molar-refractivity contribution in [2.45, 2.75) is 52.0 Å². The quantitative estimate of drug-likeness (QED) is 0.435. The van der Waals surface area contributed by atoms with E-state index in [2.05, 4.69) is 126 Å². The van der Waals surface area contributed by atoms with Gasteiger partial charge in [-0.15, -0.1) is 0 Å². The largest absolute Gasteiger partial charge is 0.153 e. The minimum atomic E-state index is -2.24. The van der Waals surface area contributed by atoms with Crippen LogP contribution in [0.3, 0.4) is 0 Å². The van der Waals surface area contributed by atoms with Gasteiger partial charge in [-0.25, -0.2) is 0 Å². The molecule has 3 aromatic rings. The van der Waals surface area contributed by atoms with Gasteiger partial charge in [-0.1, -0.05) is 126 Å². The third-order valence-electron chi connectivity index (χ3n) is 5.70. The van der Waals surface area contributed by atoms with Gasteiger partial charge in [-0.2, -0.15) is 0 Å². The summed E-state index contributed by atoms with van der Waals surface area (Å²) in [4.78, 5) is 0. The molecular formula is C26H32Si. The van der Waals surface area contributed by atoms with Crippen molar-refractivity contribution in [3.8, 4) is 0 Å². The standard InChI is InChI=1S/C26H32Si/c1-25(2,3)21-14-13-19-24(20-21)27(26(4,5)6,22-15-9-7-10-16-22)23-17-11-8-12-18-23/h7-20H,1-6H3. The first-order valence-electron chi connectivity index (χ1n) is 9.89. The van der Waals surface area contributed by atoms with Gasteiger partial charge in [0.05, 0.1) is 0 Å². The van der Waals surface area contributed by atoms with Crippen LogP contribution in [0.2, 0.25) is 5.04 Å². The van der Waals surface area contributed by atoms with E-state index in [1.54, 1.807) is 0 Å². The minimum absolute atomic E-state index is 0.131. The van der Waals surface area contributed by atoms with Crippen LogP contribution in [0, 0.1) is 0 Å². The molecule has 0 aliphatic carbocycles. The van der Waals surface area contributed by atoms with E-state index in [1.165, 1.54) is 21.1 Å². The highest BCUT2D eigenvalue weighted by atomic mass is 28.3. The molecule has 27 heavy (non-hydrogen) atoms. The highest BCUT2D eigenvalue weighted by Crippen LogP contribution is 2.36. The van der Waals surface area contributed by atoms with E-state index < -0.39 is 8.07 Å². The fourth-order valence-corrected chi connectivity index (χ4v) is 10.1. The van der Waals surface area contributed by atoms with E-state index in [4.69, 9.17) is 0 Å². The van der Waals surface area contributed by atoms with Crippen LogP contribution in [0.15, 0.2) is 84.9 Å². The molecule has 1 heteroatoms. The average molecular weight is 373 g/mol. The molecule has 0 aliphatic heterocycles. The lowest BCUT2D eigenvalue weighted by atomic mass is 9.87. The summed E-state index contributed by atoms with van der Waals surface area (Å²) in [6, 6.07) is 31.8. The van der Waals surface area contributed by atoms with E-state index in [0.29, 0.717) is 0 Å². The van der Waals surface area contributed by atoms with Crippen LogP contribution in [0.1, 0.15) is 47.1 Å². The second-order valence-corrected chi connectivity index (χ2v) is 14.3. The van der Waals surface area contributed by atoms with E-state index in [-0.39, 0.29) is 10.5 Å². The molecule has 0 N–H and O–H groups in total. The summed E-state index contributed by atoms with van der Waals surface area (Å²) in [5.41, 5.74) is 1.55. The van der Waals surface area contributed by atoms with Crippen molar-refractivity contribution >= 4 is 23.6 Å². The number of hydrogen-bond acceptors (Lipinski definition) is 0. The van der Waals surface area contributed by atoms with Crippen LogP contribution >= 0.6 is 0 Å². The Bertz CT molecular complexity index is 841. The molecule has 0 unspecified atom stereocenters. The van der Waals surface area contributed by atoms with Crippen LogP contribution in [-0.4, -0.2) is 8.07 Å². The monoisotopic (exact) mass is 372 g/mol. The predicted octanol–water partition coefficient (Wildman–Crippen LogP) is 5.25. The normalized spacial score (nSPS) is 12.8. The average Bonchev–Trinajstić information content (AvgIpc) is 2.63. The van der Waals surface area contributed by atoms with Gasteiger partial charge in [-0.05, 0) is 31.6 Å². The van der Waals surface area contributed by atoms with Gasteiger partial charge in [0.15, 0.2) is 8.07 Å². The van der Waals surface area contributed by atoms with Gasteiger partial charge in [0.1, 0.15) is 0 Å². The van der Waals surface area contributed by atoms with Crippen molar-refractivity contribution in [3.63, 3.8) is 0 Å². The first kappa shape index (κ1) is 19.6. The van der Waals surface area contributed by atoms with Gasteiger partial charge in [0.25, 0.3) is 0 Å². The number of hydrogen-bond donors (Lipinski definition) is 0. The van der Waals surface area contributed by atoms with Crippen molar-refractivity contribution in [1.82, 2.24) is 0 Å². The molecule has 3 aromatic carbocycles. The van der Waals surface area contributed by atoms with E-state index in [1.807, 2.05) is 0 Å². The lowest BCUT2D eigenvalue weighted by molar-refractivity contribution is 0.590. The summed E-state index contributed by atoms with van der Waals surface area (Å²) in [5.74, 6) is 0. The van der Waals surface area contributed by atoms with Gasteiger partial charge >= 0.3 is 0 Å². The zero-order valence-corrected chi connectivity index (χ0v) is 18.6. The van der Waals surface area contributed by atoms with Crippen LogP contribution in [0.25, 0.3) is 0 Å². The summed E-state index contributed by atoms with van der Waals surface area (Å²) in [6.45, 7) is 14.2. The fraction of sp³-hybridized carbons (Fsp3) is 0.308. The molecule has 0 fully saturated rings. The molecule has 0 atom stereocenters. The molecule has 0 saturated heterocycles. The Kier molecular flexibility index (Phi) is 5.18. The van der Waals surface area contributed by atoms with Crippen LogP contribution in [0.5, 0.6) is 0 Å². The van der Waals surface area contributed by atoms with Crippen molar-refractivity contribution in [3.05, 3.63) is 90.5 Å². The Hall–Kier alpha value is -2.12. The Morgan fingerprint density at radius 2 is 0.963 bits per heavy atom. The fourth-order valence-electron chi connectivity index (χ4n) is 4.39. The summed E-state index contributed by atoms with van der Waals surface area (Å²) in [5, 5.41) is 4.59. The second-order valence-electron chi connectivity index (χ2n) is 9.56. The first-order chi connectivity index (χ1) is 12.7. The zero-order chi connectivity index (χ0) is 19.7. The molecule has 3 rings (SSSR count). The van der Waals surface area contributed by atoms with E-state index >= 15 is 0 Å². The van der Waals surface area contributed by atoms with Gasteiger partial charge in [0, 0.05) is 0 Å². The Labute approximate surface area is 166 Å². The molecule has 0 heterocycles. The van der Waals surface area contributed by atoms with Crippen molar-refractivity contribution in [2.75, 3.05) is 0 Å². The Morgan fingerprint density at radius 1 is 0.519 bits per heavy atom. The maximum atomic E-state index is 2.48. The van der Waals surface area contributed by atoms with Crippen molar-refractivity contribution in [2.24, 2.45) is 0 Å². The molecular weight excluding hydrogens is 340 g/mol. The molecule has 0 spiro atoms. The second kappa shape index (κ2) is 7.13. The lowest BCUT2D eigenvalue weighted by Crippen LogP contribution is -2.72. The Balaban J connectivity index is 2.42. The highest BCUT2D eigenvalue weighted by Gasteiger charge is 2.49. The SMILES string of the molecule is CC(C)(C)c1cccc([Si](c2ccccc2)(c2ccccc2)C(C)(C)C)c1. The first-order valence-corrected chi connectivity index (χ1v) is 11.9. The maximum absolute atomic E-state index is 2.48. The van der Waals surface area contributed by atoms with Crippen LogP contribution < -0.4 is 15.6 Å². The van der Waals surface area contributed by atoms with Gasteiger partial charge in [0.2, 0.25) is 0 Å². The third kappa shape index (κ3) is 3.53. The van der Waals surface area contributed by atoms with Gasteiger partial charge in [-0.3, -0.25) is 0 Å². The third-order valence-corrected chi connectivity index (χ3v) is 11.5. The maximum Gasteiger partial charge on any atom is 0.153 e. The van der Waals surface area contributed by atoms with Crippen LogP contribution in [-0.2, 0) is 5.41 Å². The number of rotatable bonds is 3. The molecule has 0 bridgehead atoms. The van der Waals surface area contributed by atoms with Crippen LogP contribution in [0.4, 0.5) is 0 Å². The summed E-state index contributed by atoms with van der Waals surface area (Å²) in [6.07, 6.45) is 0. The Morgan fingerprint density at radius 3 is 1.37 bits per heavy atom. The molecule has 0 radical (unpaired) electrons. The summed E-state index contributed by atoms with van der Waals surface area (Å²) in [7, 11) is -2.24. The molecule has 0 aliphatic rings. The molecule has 0 saturated carbocycles. The van der Waals surface area contributed by atoms with Crippen molar-refractivity contribution in [1.29, 1.82) is 0 Å². The van der Waals surface area contributed by atoms with Crippen molar-refractivity contribution < 1.29 is 0 Å². The molecule has 0 aromatic heterocycles. The zero-order valence-electron chi connectivity index (χ0n) is 17.6.